The maximum Gasteiger partial charge on any atom is 0.258 e. The highest BCUT2D eigenvalue weighted by molar-refractivity contribution is 7.89. The SMILES string of the molecule is CCc1ncc(S(=O)(=O)NC(C)c2ccc(C)cc2)[nH]1. The molecule has 1 aromatic heterocycles. The zero-order valence-corrected chi connectivity index (χ0v) is 12.7. The number of imidazole rings is 1. The zero-order valence-electron chi connectivity index (χ0n) is 11.8. The van der Waals surface area contributed by atoms with Crippen LogP contribution < -0.4 is 4.72 Å². The van der Waals surface area contributed by atoms with Crippen molar-refractivity contribution < 1.29 is 8.42 Å². The van der Waals surface area contributed by atoms with Crippen molar-refractivity contribution in [1.29, 1.82) is 0 Å². The van der Waals surface area contributed by atoms with Crippen LogP contribution in [0, 0.1) is 6.92 Å². The number of aromatic nitrogens is 2. The van der Waals surface area contributed by atoms with Gasteiger partial charge in [-0.25, -0.2) is 18.1 Å². The Balaban J connectivity index is 2.17. The van der Waals surface area contributed by atoms with E-state index >= 15 is 0 Å². The molecule has 5 nitrogen and oxygen atoms in total. The summed E-state index contributed by atoms with van der Waals surface area (Å²) < 4.78 is 27.1. The van der Waals surface area contributed by atoms with E-state index < -0.39 is 10.0 Å². The topological polar surface area (TPSA) is 74.8 Å². The van der Waals surface area contributed by atoms with Crippen LogP contribution >= 0.6 is 0 Å². The number of benzene rings is 1. The lowest BCUT2D eigenvalue weighted by Gasteiger charge is -2.14. The molecule has 0 saturated heterocycles. The normalized spacial score (nSPS) is 13.3. The van der Waals surface area contributed by atoms with Crippen molar-refractivity contribution in [3.63, 3.8) is 0 Å². The van der Waals surface area contributed by atoms with E-state index in [9.17, 15) is 8.42 Å². The van der Waals surface area contributed by atoms with Crippen molar-refractivity contribution in [2.75, 3.05) is 0 Å². The lowest BCUT2D eigenvalue weighted by molar-refractivity contribution is 0.563. The third kappa shape index (κ3) is 3.26. The summed E-state index contributed by atoms with van der Waals surface area (Å²) in [4.78, 5) is 6.83. The standard InChI is InChI=1S/C14H19N3O2S/c1-4-13-15-9-14(16-13)20(18,19)17-11(3)12-7-5-10(2)6-8-12/h5-9,11,17H,4H2,1-3H3,(H,15,16). The molecule has 1 aromatic carbocycles. The first kappa shape index (κ1) is 14.7. The largest absolute Gasteiger partial charge is 0.332 e. The van der Waals surface area contributed by atoms with E-state index in [1.165, 1.54) is 6.20 Å². The predicted octanol–water partition coefficient (Wildman–Crippen LogP) is 2.32. The Kier molecular flexibility index (Phi) is 4.25. The smallest absolute Gasteiger partial charge is 0.258 e. The van der Waals surface area contributed by atoms with E-state index in [1.54, 1.807) is 0 Å². The Morgan fingerprint density at radius 1 is 1.30 bits per heavy atom. The summed E-state index contributed by atoms with van der Waals surface area (Å²) in [6.07, 6.45) is 2.02. The first-order valence-electron chi connectivity index (χ1n) is 6.55. The third-order valence-electron chi connectivity index (χ3n) is 3.14. The molecule has 0 bridgehead atoms. The molecule has 2 N–H and O–H groups in total. The molecular formula is C14H19N3O2S. The minimum absolute atomic E-state index is 0.105. The number of nitrogens with one attached hydrogen (secondary N) is 2. The molecule has 0 aliphatic carbocycles. The lowest BCUT2D eigenvalue weighted by atomic mass is 10.1. The molecule has 1 atom stereocenters. The van der Waals surface area contributed by atoms with Gasteiger partial charge in [-0.1, -0.05) is 36.8 Å². The molecule has 1 heterocycles. The highest BCUT2D eigenvalue weighted by Gasteiger charge is 2.20. The highest BCUT2D eigenvalue weighted by atomic mass is 32.2. The van der Waals surface area contributed by atoms with Crippen molar-refractivity contribution in [3.05, 3.63) is 47.4 Å². The van der Waals surface area contributed by atoms with E-state index in [-0.39, 0.29) is 11.1 Å². The summed E-state index contributed by atoms with van der Waals surface area (Å²) in [6.45, 7) is 5.73. The van der Waals surface area contributed by atoms with E-state index in [0.717, 1.165) is 11.1 Å². The monoisotopic (exact) mass is 293 g/mol. The Labute approximate surface area is 119 Å². The van der Waals surface area contributed by atoms with Gasteiger partial charge in [-0.15, -0.1) is 0 Å². The molecule has 20 heavy (non-hydrogen) atoms. The van der Waals surface area contributed by atoms with Crippen LogP contribution in [0.15, 0.2) is 35.5 Å². The average Bonchev–Trinajstić information content (AvgIpc) is 2.88. The average molecular weight is 293 g/mol. The molecule has 0 radical (unpaired) electrons. The summed E-state index contributed by atoms with van der Waals surface area (Å²) in [5.41, 5.74) is 2.07. The van der Waals surface area contributed by atoms with Gasteiger partial charge in [0.15, 0.2) is 5.03 Å². The number of aryl methyl sites for hydroxylation is 2. The molecule has 0 aliphatic rings. The predicted molar refractivity (Wildman–Crippen MR) is 77.9 cm³/mol. The lowest BCUT2D eigenvalue weighted by Crippen LogP contribution is -2.27. The number of sulfonamides is 1. The second-order valence-electron chi connectivity index (χ2n) is 4.80. The maximum atomic E-state index is 12.2. The van der Waals surface area contributed by atoms with Gasteiger partial charge < -0.3 is 4.98 Å². The van der Waals surface area contributed by atoms with Gasteiger partial charge in [-0.3, -0.25) is 0 Å². The minimum Gasteiger partial charge on any atom is -0.332 e. The highest BCUT2D eigenvalue weighted by Crippen LogP contribution is 2.16. The first-order chi connectivity index (χ1) is 9.42. The number of aromatic amines is 1. The molecule has 0 spiro atoms. The Bertz CT molecular complexity index is 675. The van der Waals surface area contributed by atoms with Crippen molar-refractivity contribution in [2.24, 2.45) is 0 Å². The van der Waals surface area contributed by atoms with Crippen LogP contribution in [-0.4, -0.2) is 18.4 Å². The zero-order chi connectivity index (χ0) is 14.8. The summed E-state index contributed by atoms with van der Waals surface area (Å²) in [6, 6.07) is 7.48. The first-order valence-corrected chi connectivity index (χ1v) is 8.03. The van der Waals surface area contributed by atoms with Crippen LogP contribution in [0.3, 0.4) is 0 Å². The molecule has 0 fully saturated rings. The van der Waals surface area contributed by atoms with Crippen molar-refractivity contribution >= 4 is 10.0 Å². The van der Waals surface area contributed by atoms with Crippen molar-refractivity contribution in [2.45, 2.75) is 38.3 Å². The van der Waals surface area contributed by atoms with Crippen LogP contribution in [0.1, 0.15) is 36.8 Å². The van der Waals surface area contributed by atoms with Gasteiger partial charge in [0, 0.05) is 12.5 Å². The van der Waals surface area contributed by atoms with Crippen LogP contribution in [-0.2, 0) is 16.4 Å². The van der Waals surface area contributed by atoms with Gasteiger partial charge in [0.2, 0.25) is 0 Å². The molecular weight excluding hydrogens is 274 g/mol. The van der Waals surface area contributed by atoms with Gasteiger partial charge in [-0.2, -0.15) is 0 Å². The molecule has 2 aromatic rings. The fourth-order valence-electron chi connectivity index (χ4n) is 1.88. The maximum absolute atomic E-state index is 12.2. The van der Waals surface area contributed by atoms with Crippen LogP contribution in [0.4, 0.5) is 0 Å². The summed E-state index contributed by atoms with van der Waals surface area (Å²) in [7, 11) is -3.58. The summed E-state index contributed by atoms with van der Waals surface area (Å²) in [5.74, 6) is 0.661. The number of H-pyrrole nitrogens is 1. The molecule has 1 unspecified atom stereocenters. The van der Waals surface area contributed by atoms with Gasteiger partial charge in [-0.05, 0) is 19.4 Å². The van der Waals surface area contributed by atoms with Crippen LogP contribution in [0.25, 0.3) is 0 Å². The fourth-order valence-corrected chi connectivity index (χ4v) is 3.05. The third-order valence-corrected chi connectivity index (χ3v) is 4.59. The summed E-state index contributed by atoms with van der Waals surface area (Å²) in [5, 5.41) is 0.105. The molecule has 0 saturated carbocycles. The number of rotatable bonds is 5. The second-order valence-corrected chi connectivity index (χ2v) is 6.48. The Morgan fingerprint density at radius 2 is 1.95 bits per heavy atom. The minimum atomic E-state index is -3.58. The van der Waals surface area contributed by atoms with E-state index in [0.29, 0.717) is 12.2 Å². The molecule has 6 heteroatoms. The number of hydrogen-bond acceptors (Lipinski definition) is 3. The second kappa shape index (κ2) is 5.76. The van der Waals surface area contributed by atoms with Crippen molar-refractivity contribution in [1.82, 2.24) is 14.7 Å². The quantitative estimate of drug-likeness (QED) is 0.888. The summed E-state index contributed by atoms with van der Waals surface area (Å²) >= 11 is 0. The van der Waals surface area contributed by atoms with Gasteiger partial charge in [0.05, 0.1) is 6.20 Å². The molecule has 0 amide bonds. The van der Waals surface area contributed by atoms with Gasteiger partial charge in [0.1, 0.15) is 5.82 Å². The van der Waals surface area contributed by atoms with Crippen LogP contribution in [0.5, 0.6) is 0 Å². The molecule has 2 rings (SSSR count). The van der Waals surface area contributed by atoms with Gasteiger partial charge in [0.25, 0.3) is 10.0 Å². The van der Waals surface area contributed by atoms with E-state index in [2.05, 4.69) is 14.7 Å². The van der Waals surface area contributed by atoms with E-state index in [1.807, 2.05) is 45.0 Å². The van der Waals surface area contributed by atoms with Crippen LogP contribution in [0.2, 0.25) is 0 Å². The van der Waals surface area contributed by atoms with Gasteiger partial charge >= 0.3 is 0 Å². The number of nitrogens with zero attached hydrogens (tertiary/aromatic N) is 1. The fraction of sp³-hybridized carbons (Fsp3) is 0.357. The van der Waals surface area contributed by atoms with Crippen molar-refractivity contribution in [3.8, 4) is 0 Å². The molecule has 108 valence electrons. The molecule has 0 aliphatic heterocycles. The Hall–Kier alpha value is -1.66. The van der Waals surface area contributed by atoms with E-state index in [4.69, 9.17) is 0 Å². The number of hydrogen-bond donors (Lipinski definition) is 2. The Morgan fingerprint density at radius 3 is 2.50 bits per heavy atom.